The van der Waals surface area contributed by atoms with E-state index in [-0.39, 0.29) is 19.3 Å². The van der Waals surface area contributed by atoms with E-state index in [1.54, 1.807) is 30.3 Å². The van der Waals surface area contributed by atoms with E-state index < -0.39 is 29.9 Å². The van der Waals surface area contributed by atoms with Crippen molar-refractivity contribution in [1.29, 1.82) is 0 Å². The second-order valence-electron chi connectivity index (χ2n) is 9.61. The number of hydrogen-bond acceptors (Lipinski definition) is 6. The number of carbonyl (C=O) groups is 4. The summed E-state index contributed by atoms with van der Waals surface area (Å²) in [5, 5.41) is 0.468. The molecule has 0 aromatic heterocycles. The number of ether oxygens (including phenoxy) is 1. The zero-order valence-corrected chi connectivity index (χ0v) is 22.3. The van der Waals surface area contributed by atoms with Crippen molar-refractivity contribution < 1.29 is 28.8 Å². The molecule has 1 atom stereocenters. The fourth-order valence-electron chi connectivity index (χ4n) is 4.21. The van der Waals surface area contributed by atoms with Gasteiger partial charge in [0.1, 0.15) is 0 Å². The van der Waals surface area contributed by atoms with Crippen LogP contribution in [0.4, 0.5) is 0 Å². The number of nitrogens with zero attached hydrogens (tertiary/aromatic N) is 1. The van der Waals surface area contributed by atoms with Gasteiger partial charge >= 0.3 is 11.9 Å². The fraction of sp³-hybridized carbons (Fsp3) is 0.600. The number of carbonyl (C=O) groups excluding carboxylic acids is 4. The Labute approximate surface area is 221 Å². The van der Waals surface area contributed by atoms with Crippen LogP contribution in [0.2, 0.25) is 0 Å². The van der Waals surface area contributed by atoms with Gasteiger partial charge < -0.3 is 9.57 Å². The van der Waals surface area contributed by atoms with Crippen LogP contribution in [-0.2, 0) is 28.8 Å². The molecular weight excluding hydrogens is 470 g/mol. The van der Waals surface area contributed by atoms with Gasteiger partial charge in [-0.3, -0.25) is 14.4 Å². The van der Waals surface area contributed by atoms with E-state index in [9.17, 15) is 19.2 Å². The fourth-order valence-corrected chi connectivity index (χ4v) is 4.21. The van der Waals surface area contributed by atoms with Crippen LogP contribution in [-0.4, -0.2) is 28.8 Å². The van der Waals surface area contributed by atoms with Gasteiger partial charge in [-0.15, -0.1) is 5.06 Å². The van der Waals surface area contributed by atoms with Crippen LogP contribution in [0.15, 0.2) is 42.5 Å². The summed E-state index contributed by atoms with van der Waals surface area (Å²) in [5.74, 6) is -2.63. The molecule has 7 heteroatoms. The van der Waals surface area contributed by atoms with Crippen molar-refractivity contribution in [3.63, 3.8) is 0 Å². The molecule has 204 valence electrons. The summed E-state index contributed by atoms with van der Waals surface area (Å²) in [6, 6.07) is 8.45. The topological polar surface area (TPSA) is 90.0 Å². The van der Waals surface area contributed by atoms with Crippen molar-refractivity contribution in [2.45, 2.75) is 116 Å². The first kappa shape index (κ1) is 30.3. The second-order valence-corrected chi connectivity index (χ2v) is 9.61. The average molecular weight is 514 g/mol. The summed E-state index contributed by atoms with van der Waals surface area (Å²) in [6.07, 6.45) is 18.6. The van der Waals surface area contributed by atoms with Crippen LogP contribution < -0.4 is 0 Å². The minimum atomic E-state index is -1.34. The number of rotatable bonds is 19. The van der Waals surface area contributed by atoms with Crippen molar-refractivity contribution in [2.75, 3.05) is 0 Å². The second kappa shape index (κ2) is 18.3. The van der Waals surface area contributed by atoms with E-state index in [0.717, 1.165) is 32.1 Å². The molecule has 1 aromatic rings. The van der Waals surface area contributed by atoms with Crippen LogP contribution in [0.25, 0.3) is 0 Å². The molecule has 1 aliphatic heterocycles. The van der Waals surface area contributed by atoms with Gasteiger partial charge in [-0.25, -0.2) is 4.79 Å². The molecule has 0 saturated carbocycles. The van der Waals surface area contributed by atoms with Crippen LogP contribution >= 0.6 is 0 Å². The number of unbranched alkanes of at least 4 members (excludes halogenated alkanes) is 11. The summed E-state index contributed by atoms with van der Waals surface area (Å²) < 4.78 is 5.43. The maximum Gasteiger partial charge on any atom is 0.378 e. The Hall–Kier alpha value is -2.96. The lowest BCUT2D eigenvalue weighted by Gasteiger charge is -2.19. The SMILES string of the molecule is CCCCCCCC/C=C\CCCCCCCC(=O)O[C@H](C(=O)ON1C(=O)CCC1=O)c1ccccc1. The normalized spacial score (nSPS) is 14.4. The third-order valence-corrected chi connectivity index (χ3v) is 6.40. The Morgan fingerprint density at radius 1 is 0.811 bits per heavy atom. The molecule has 1 aliphatic rings. The predicted octanol–water partition coefficient (Wildman–Crippen LogP) is 6.92. The Morgan fingerprint density at radius 3 is 1.95 bits per heavy atom. The number of hydroxylamine groups is 2. The zero-order chi connectivity index (χ0) is 26.7. The van der Waals surface area contributed by atoms with Crippen molar-refractivity contribution in [3.8, 4) is 0 Å². The van der Waals surface area contributed by atoms with E-state index in [1.807, 2.05) is 0 Å². The first-order chi connectivity index (χ1) is 18.0. The number of esters is 1. The zero-order valence-electron chi connectivity index (χ0n) is 22.3. The largest absolute Gasteiger partial charge is 0.445 e. The van der Waals surface area contributed by atoms with Gasteiger partial charge in [-0.2, -0.15) is 0 Å². The minimum Gasteiger partial charge on any atom is -0.445 e. The predicted molar refractivity (Wildman–Crippen MR) is 142 cm³/mol. The molecule has 0 radical (unpaired) electrons. The monoisotopic (exact) mass is 513 g/mol. The molecule has 2 amide bonds. The molecular formula is C30H43NO6. The standard InChI is InChI=1S/C30H43NO6/c1-2-3-4-5-6-7-8-9-10-11-12-13-14-15-19-22-28(34)36-29(25-20-17-16-18-21-25)30(35)37-31-26(32)23-24-27(31)33/h9-10,16-18,20-21,29H,2-8,11-15,19,22-24H2,1H3/b10-9-/t29-/m0/s1. The van der Waals surface area contributed by atoms with E-state index in [0.29, 0.717) is 17.0 Å². The minimum absolute atomic E-state index is 0.00259. The summed E-state index contributed by atoms with van der Waals surface area (Å²) in [4.78, 5) is 53.7. The van der Waals surface area contributed by atoms with Crippen molar-refractivity contribution in [2.24, 2.45) is 0 Å². The number of amides is 2. The van der Waals surface area contributed by atoms with E-state index in [1.165, 1.54) is 44.9 Å². The molecule has 0 aliphatic carbocycles. The number of hydrogen-bond donors (Lipinski definition) is 0. The quantitative estimate of drug-likeness (QED) is 0.0863. The number of allylic oxidation sites excluding steroid dienone is 2. The average Bonchev–Trinajstić information content (AvgIpc) is 3.22. The smallest absolute Gasteiger partial charge is 0.378 e. The van der Waals surface area contributed by atoms with Crippen molar-refractivity contribution in [3.05, 3.63) is 48.0 Å². The van der Waals surface area contributed by atoms with Crippen LogP contribution in [0.5, 0.6) is 0 Å². The molecule has 0 unspecified atom stereocenters. The van der Waals surface area contributed by atoms with E-state index in [2.05, 4.69) is 19.1 Å². The summed E-state index contributed by atoms with van der Waals surface area (Å²) in [6.45, 7) is 2.24. The van der Waals surface area contributed by atoms with E-state index >= 15 is 0 Å². The maximum atomic E-state index is 12.7. The third kappa shape index (κ3) is 12.2. The summed E-state index contributed by atoms with van der Waals surface area (Å²) in [7, 11) is 0. The highest BCUT2D eigenvalue weighted by Gasteiger charge is 2.36. The highest BCUT2D eigenvalue weighted by molar-refractivity contribution is 6.01. The lowest BCUT2D eigenvalue weighted by molar-refractivity contribution is -0.206. The molecule has 0 N–H and O–H groups in total. The Balaban J connectivity index is 1.62. The Morgan fingerprint density at radius 2 is 1.35 bits per heavy atom. The van der Waals surface area contributed by atoms with Crippen LogP contribution in [0.3, 0.4) is 0 Å². The van der Waals surface area contributed by atoms with Crippen LogP contribution in [0, 0.1) is 0 Å². The number of benzene rings is 1. The molecule has 1 aromatic carbocycles. The Bertz CT molecular complexity index is 850. The molecule has 0 bridgehead atoms. The summed E-state index contributed by atoms with van der Waals surface area (Å²) >= 11 is 0. The van der Waals surface area contributed by atoms with Crippen molar-refractivity contribution in [1.82, 2.24) is 5.06 Å². The van der Waals surface area contributed by atoms with Gasteiger partial charge in [0, 0.05) is 24.8 Å². The molecule has 1 fully saturated rings. The van der Waals surface area contributed by atoms with Gasteiger partial charge in [-0.05, 0) is 32.1 Å². The Kier molecular flexibility index (Phi) is 15.0. The van der Waals surface area contributed by atoms with Crippen molar-refractivity contribution >= 4 is 23.8 Å². The third-order valence-electron chi connectivity index (χ3n) is 6.40. The molecule has 1 saturated heterocycles. The summed E-state index contributed by atoms with van der Waals surface area (Å²) in [5.41, 5.74) is 0.421. The molecule has 37 heavy (non-hydrogen) atoms. The molecule has 1 heterocycles. The van der Waals surface area contributed by atoms with Gasteiger partial charge in [0.25, 0.3) is 11.8 Å². The van der Waals surface area contributed by atoms with Gasteiger partial charge in [0.2, 0.25) is 6.10 Å². The highest BCUT2D eigenvalue weighted by atomic mass is 16.7. The highest BCUT2D eigenvalue weighted by Crippen LogP contribution is 2.23. The number of imide groups is 1. The first-order valence-electron chi connectivity index (χ1n) is 14.0. The van der Waals surface area contributed by atoms with E-state index in [4.69, 9.17) is 9.57 Å². The molecule has 2 rings (SSSR count). The van der Waals surface area contributed by atoms with Gasteiger partial charge in [-0.1, -0.05) is 101 Å². The lowest BCUT2D eigenvalue weighted by Crippen LogP contribution is -2.35. The van der Waals surface area contributed by atoms with Gasteiger partial charge in [0.05, 0.1) is 0 Å². The lowest BCUT2D eigenvalue weighted by atomic mass is 10.1. The molecule has 0 spiro atoms. The maximum absolute atomic E-state index is 12.7. The van der Waals surface area contributed by atoms with Gasteiger partial charge in [0.15, 0.2) is 0 Å². The van der Waals surface area contributed by atoms with Crippen LogP contribution in [0.1, 0.15) is 121 Å². The molecule has 7 nitrogen and oxygen atoms in total. The first-order valence-corrected chi connectivity index (χ1v) is 14.0.